The van der Waals surface area contributed by atoms with Gasteiger partial charge in [0, 0.05) is 25.2 Å². The molecule has 2 aliphatic heterocycles. The zero-order valence-electron chi connectivity index (χ0n) is 13.0. The lowest BCUT2D eigenvalue weighted by Crippen LogP contribution is -2.46. The molecule has 0 amide bonds. The quantitative estimate of drug-likeness (QED) is 0.918. The molecule has 4 nitrogen and oxygen atoms in total. The Hall–Kier alpha value is -1.47. The van der Waals surface area contributed by atoms with E-state index in [0.29, 0.717) is 19.7 Å². The third-order valence-electron chi connectivity index (χ3n) is 4.32. The molecule has 1 saturated heterocycles. The minimum atomic E-state index is -4.13. The number of ether oxygens (including phenoxy) is 2. The molecule has 23 heavy (non-hydrogen) atoms. The highest BCUT2D eigenvalue weighted by molar-refractivity contribution is 5.48. The van der Waals surface area contributed by atoms with E-state index < -0.39 is 12.7 Å². The molecule has 1 fully saturated rings. The summed E-state index contributed by atoms with van der Waals surface area (Å²) >= 11 is 0. The number of benzene rings is 1. The number of methoxy groups -OCH3 is 1. The molecule has 7 heteroatoms. The van der Waals surface area contributed by atoms with Gasteiger partial charge in [0.25, 0.3) is 0 Å². The number of nitrogens with one attached hydrogen (secondary N) is 1. The van der Waals surface area contributed by atoms with Gasteiger partial charge in [-0.2, -0.15) is 13.2 Å². The van der Waals surface area contributed by atoms with Gasteiger partial charge in [0.1, 0.15) is 6.61 Å². The van der Waals surface area contributed by atoms with Crippen LogP contribution in [0, 0.1) is 0 Å². The van der Waals surface area contributed by atoms with E-state index in [0.717, 1.165) is 29.9 Å². The van der Waals surface area contributed by atoms with Crippen molar-refractivity contribution >= 4 is 0 Å². The van der Waals surface area contributed by atoms with Crippen molar-refractivity contribution in [2.24, 2.45) is 0 Å². The molecule has 3 rings (SSSR count). The van der Waals surface area contributed by atoms with Crippen molar-refractivity contribution in [2.75, 3.05) is 33.4 Å². The first-order valence-corrected chi connectivity index (χ1v) is 7.78. The van der Waals surface area contributed by atoms with Crippen molar-refractivity contribution in [3.8, 4) is 11.5 Å². The molecule has 1 aromatic rings. The van der Waals surface area contributed by atoms with E-state index in [2.05, 4.69) is 5.32 Å². The first-order valence-electron chi connectivity index (χ1n) is 7.78. The molecule has 0 spiro atoms. The van der Waals surface area contributed by atoms with Crippen molar-refractivity contribution in [1.29, 1.82) is 0 Å². The fourth-order valence-corrected chi connectivity index (χ4v) is 3.36. The second-order valence-corrected chi connectivity index (χ2v) is 6.16. The van der Waals surface area contributed by atoms with Crippen LogP contribution < -0.4 is 14.8 Å². The number of fused-ring (bicyclic) bond motifs is 1. The van der Waals surface area contributed by atoms with Crippen LogP contribution in [0.3, 0.4) is 0 Å². The number of halogens is 3. The SMILES string of the molecule is COc1cccc2c1OC[C@H](N[C@@H]1CCN(CC(F)(F)F)C1)C2. The maximum Gasteiger partial charge on any atom is 0.401 e. The molecular formula is C16H21F3N2O2. The molecule has 1 aromatic carbocycles. The summed E-state index contributed by atoms with van der Waals surface area (Å²) in [6.45, 7) is 0.589. The maximum atomic E-state index is 12.4. The van der Waals surface area contributed by atoms with Crippen molar-refractivity contribution in [2.45, 2.75) is 31.1 Å². The highest BCUT2D eigenvalue weighted by Crippen LogP contribution is 2.34. The Morgan fingerprint density at radius 1 is 1.35 bits per heavy atom. The van der Waals surface area contributed by atoms with E-state index in [4.69, 9.17) is 9.47 Å². The van der Waals surface area contributed by atoms with Crippen LogP contribution in [0.25, 0.3) is 0 Å². The highest BCUT2D eigenvalue weighted by Gasteiger charge is 2.35. The molecule has 0 unspecified atom stereocenters. The standard InChI is InChI=1S/C16H21F3N2O2/c1-22-14-4-2-3-11-7-13(9-23-15(11)14)20-12-5-6-21(8-12)10-16(17,18)19/h2-4,12-13,20H,5-10H2,1H3/t12-,13-/m1/s1. The Labute approximate surface area is 133 Å². The Kier molecular flexibility index (Phi) is 4.68. The van der Waals surface area contributed by atoms with E-state index in [1.165, 1.54) is 4.90 Å². The van der Waals surface area contributed by atoms with Crippen LogP contribution in [0.1, 0.15) is 12.0 Å². The van der Waals surface area contributed by atoms with Crippen LogP contribution in [0.5, 0.6) is 11.5 Å². The van der Waals surface area contributed by atoms with Crippen LogP contribution in [0.2, 0.25) is 0 Å². The Balaban J connectivity index is 1.54. The summed E-state index contributed by atoms with van der Waals surface area (Å²) in [6, 6.07) is 5.97. The lowest BCUT2D eigenvalue weighted by Gasteiger charge is -2.29. The van der Waals surface area contributed by atoms with E-state index in [1.54, 1.807) is 7.11 Å². The van der Waals surface area contributed by atoms with Crippen molar-refractivity contribution in [3.63, 3.8) is 0 Å². The van der Waals surface area contributed by atoms with Crippen molar-refractivity contribution < 1.29 is 22.6 Å². The summed E-state index contributed by atoms with van der Waals surface area (Å²) in [5, 5.41) is 3.44. The number of para-hydroxylation sites is 1. The van der Waals surface area contributed by atoms with E-state index >= 15 is 0 Å². The van der Waals surface area contributed by atoms with Crippen LogP contribution in [-0.4, -0.2) is 56.5 Å². The number of nitrogens with zero attached hydrogens (tertiary/aromatic N) is 1. The summed E-state index contributed by atoms with van der Waals surface area (Å²) in [4.78, 5) is 1.46. The summed E-state index contributed by atoms with van der Waals surface area (Å²) in [6.07, 6.45) is -2.60. The predicted octanol–water partition coefficient (Wildman–Crippen LogP) is 2.22. The van der Waals surface area contributed by atoms with Gasteiger partial charge in [-0.3, -0.25) is 4.90 Å². The Bertz CT molecular complexity index is 551. The average Bonchev–Trinajstić information content (AvgIpc) is 2.91. The van der Waals surface area contributed by atoms with Crippen molar-refractivity contribution in [1.82, 2.24) is 10.2 Å². The summed E-state index contributed by atoms with van der Waals surface area (Å²) in [7, 11) is 1.61. The van der Waals surface area contributed by atoms with Crippen LogP contribution in [0.15, 0.2) is 18.2 Å². The van der Waals surface area contributed by atoms with E-state index in [9.17, 15) is 13.2 Å². The summed E-state index contributed by atoms with van der Waals surface area (Å²) in [5.41, 5.74) is 1.07. The van der Waals surface area contributed by atoms with Gasteiger partial charge in [-0.05, 0) is 24.5 Å². The number of rotatable bonds is 4. The van der Waals surface area contributed by atoms with Gasteiger partial charge in [0.05, 0.1) is 13.7 Å². The van der Waals surface area contributed by atoms with Crippen molar-refractivity contribution in [3.05, 3.63) is 23.8 Å². The molecule has 0 radical (unpaired) electrons. The molecule has 2 heterocycles. The average molecular weight is 330 g/mol. The molecule has 2 atom stereocenters. The van der Waals surface area contributed by atoms with Gasteiger partial charge in [0.15, 0.2) is 11.5 Å². The molecule has 128 valence electrons. The Morgan fingerprint density at radius 3 is 2.91 bits per heavy atom. The molecule has 0 aliphatic carbocycles. The molecule has 0 aromatic heterocycles. The Morgan fingerprint density at radius 2 is 2.17 bits per heavy atom. The monoisotopic (exact) mass is 330 g/mol. The van der Waals surface area contributed by atoms with Gasteiger partial charge in [-0.25, -0.2) is 0 Å². The second kappa shape index (κ2) is 6.57. The molecule has 0 saturated carbocycles. The smallest absolute Gasteiger partial charge is 0.401 e. The molecule has 2 aliphatic rings. The van der Waals surface area contributed by atoms with Crippen LogP contribution in [0.4, 0.5) is 13.2 Å². The third kappa shape index (κ3) is 4.09. The van der Waals surface area contributed by atoms with E-state index in [1.807, 2.05) is 18.2 Å². The minimum absolute atomic E-state index is 0.0816. The molecule has 1 N–H and O–H groups in total. The zero-order valence-corrected chi connectivity index (χ0v) is 13.0. The maximum absolute atomic E-state index is 12.4. The lowest BCUT2D eigenvalue weighted by atomic mass is 10.0. The fraction of sp³-hybridized carbons (Fsp3) is 0.625. The van der Waals surface area contributed by atoms with Crippen LogP contribution >= 0.6 is 0 Å². The third-order valence-corrected chi connectivity index (χ3v) is 4.32. The van der Waals surface area contributed by atoms with E-state index in [-0.39, 0.29) is 12.1 Å². The minimum Gasteiger partial charge on any atom is -0.493 e. The number of hydrogen-bond donors (Lipinski definition) is 1. The first-order chi connectivity index (χ1) is 10.9. The van der Waals surface area contributed by atoms with Gasteiger partial charge >= 0.3 is 6.18 Å². The van der Waals surface area contributed by atoms with Gasteiger partial charge in [-0.15, -0.1) is 0 Å². The zero-order chi connectivity index (χ0) is 16.4. The predicted molar refractivity (Wildman–Crippen MR) is 80.0 cm³/mol. The lowest BCUT2D eigenvalue weighted by molar-refractivity contribution is -0.143. The second-order valence-electron chi connectivity index (χ2n) is 6.16. The van der Waals surface area contributed by atoms with Crippen LogP contribution in [-0.2, 0) is 6.42 Å². The molecule has 0 bridgehead atoms. The molecular weight excluding hydrogens is 309 g/mol. The number of hydrogen-bond acceptors (Lipinski definition) is 4. The normalized spacial score (nSPS) is 25.0. The fourth-order valence-electron chi connectivity index (χ4n) is 3.36. The summed E-state index contributed by atoms with van der Waals surface area (Å²) < 4.78 is 48.4. The summed E-state index contributed by atoms with van der Waals surface area (Å²) in [5.74, 6) is 1.50. The highest BCUT2D eigenvalue weighted by atomic mass is 19.4. The first kappa shape index (κ1) is 16.4. The van der Waals surface area contributed by atoms with Gasteiger partial charge < -0.3 is 14.8 Å². The largest absolute Gasteiger partial charge is 0.493 e. The number of likely N-dealkylation sites (tertiary alicyclic amines) is 1. The topological polar surface area (TPSA) is 33.7 Å². The van der Waals surface area contributed by atoms with Gasteiger partial charge in [0.2, 0.25) is 0 Å². The number of alkyl halides is 3. The van der Waals surface area contributed by atoms with Gasteiger partial charge in [-0.1, -0.05) is 12.1 Å².